The summed E-state index contributed by atoms with van der Waals surface area (Å²) in [5.41, 5.74) is 4.69. The summed E-state index contributed by atoms with van der Waals surface area (Å²) < 4.78 is 5.32. The van der Waals surface area contributed by atoms with Crippen molar-refractivity contribution in [3.8, 4) is 5.75 Å². The molecule has 0 saturated carbocycles. The van der Waals surface area contributed by atoms with E-state index in [2.05, 4.69) is 27.4 Å². The van der Waals surface area contributed by atoms with Crippen LogP contribution in [0.15, 0.2) is 24.3 Å². The maximum Gasteiger partial charge on any atom is 0.223 e. The molecular formula is C17H21N3O. The van der Waals surface area contributed by atoms with E-state index in [1.807, 2.05) is 26.0 Å². The van der Waals surface area contributed by atoms with Crippen molar-refractivity contribution in [3.63, 3.8) is 0 Å². The number of benzene rings is 1. The minimum Gasteiger partial charge on any atom is -0.497 e. The lowest BCUT2D eigenvalue weighted by atomic mass is 9.87. The van der Waals surface area contributed by atoms with Crippen LogP contribution in [0.4, 0.5) is 5.95 Å². The van der Waals surface area contributed by atoms with Gasteiger partial charge in [0.05, 0.1) is 13.2 Å². The number of anilines is 1. The number of fused-ring (bicyclic) bond motifs is 1. The Morgan fingerprint density at radius 2 is 1.90 bits per heavy atom. The van der Waals surface area contributed by atoms with E-state index < -0.39 is 0 Å². The van der Waals surface area contributed by atoms with Gasteiger partial charge in [-0.15, -0.1) is 0 Å². The fraction of sp³-hybridized carbons (Fsp3) is 0.412. The second kappa shape index (κ2) is 5.72. The molecule has 0 aliphatic heterocycles. The second-order valence-corrected chi connectivity index (χ2v) is 5.63. The number of ether oxygens (including phenoxy) is 1. The predicted octanol–water partition coefficient (Wildman–Crippen LogP) is 3.59. The normalized spacial score (nSPS) is 17.2. The van der Waals surface area contributed by atoms with Crippen molar-refractivity contribution < 1.29 is 4.74 Å². The third-order valence-electron chi connectivity index (χ3n) is 3.95. The maximum atomic E-state index is 5.32. The first-order chi connectivity index (χ1) is 10.2. The van der Waals surface area contributed by atoms with Crippen LogP contribution < -0.4 is 10.1 Å². The molecule has 110 valence electrons. The van der Waals surface area contributed by atoms with Gasteiger partial charge in [-0.2, -0.15) is 0 Å². The van der Waals surface area contributed by atoms with Crippen LogP contribution in [0.2, 0.25) is 0 Å². The monoisotopic (exact) mass is 283 g/mol. The second-order valence-electron chi connectivity index (χ2n) is 5.63. The first-order valence-corrected chi connectivity index (χ1v) is 7.41. The molecule has 0 radical (unpaired) electrons. The molecule has 4 heteroatoms. The maximum absolute atomic E-state index is 5.32. The minimum atomic E-state index is 0.279. The molecule has 3 rings (SSSR count). The largest absolute Gasteiger partial charge is 0.497 e. The SMILES string of the molecule is COc1ccc2c(c1)CCCC2Nc1nc(C)cc(C)n1. The summed E-state index contributed by atoms with van der Waals surface area (Å²) >= 11 is 0. The molecule has 4 nitrogen and oxygen atoms in total. The van der Waals surface area contributed by atoms with Crippen molar-refractivity contribution in [2.24, 2.45) is 0 Å². The minimum absolute atomic E-state index is 0.279. The molecule has 1 aromatic carbocycles. The molecule has 1 aliphatic rings. The van der Waals surface area contributed by atoms with Crippen molar-refractivity contribution in [2.45, 2.75) is 39.2 Å². The van der Waals surface area contributed by atoms with Crippen LogP contribution in [0.5, 0.6) is 5.75 Å². The quantitative estimate of drug-likeness (QED) is 0.935. The van der Waals surface area contributed by atoms with Gasteiger partial charge in [0.15, 0.2) is 0 Å². The third kappa shape index (κ3) is 2.99. The number of hydrogen-bond donors (Lipinski definition) is 1. The Morgan fingerprint density at radius 3 is 2.62 bits per heavy atom. The van der Waals surface area contributed by atoms with Crippen molar-refractivity contribution >= 4 is 5.95 Å². The summed E-state index contributed by atoms with van der Waals surface area (Å²) in [6.45, 7) is 4.00. The van der Waals surface area contributed by atoms with Crippen LogP contribution >= 0.6 is 0 Å². The zero-order valence-electron chi connectivity index (χ0n) is 12.8. The van der Waals surface area contributed by atoms with Gasteiger partial charge < -0.3 is 10.1 Å². The number of methoxy groups -OCH3 is 1. The fourth-order valence-corrected chi connectivity index (χ4v) is 3.01. The van der Waals surface area contributed by atoms with Gasteiger partial charge >= 0.3 is 0 Å². The number of aryl methyl sites for hydroxylation is 3. The van der Waals surface area contributed by atoms with Gasteiger partial charge in [0, 0.05) is 11.4 Å². The molecule has 0 bridgehead atoms. The molecule has 0 amide bonds. The van der Waals surface area contributed by atoms with Gasteiger partial charge in [-0.1, -0.05) is 6.07 Å². The Morgan fingerprint density at radius 1 is 1.14 bits per heavy atom. The van der Waals surface area contributed by atoms with E-state index in [-0.39, 0.29) is 6.04 Å². The topological polar surface area (TPSA) is 47.0 Å². The first kappa shape index (κ1) is 13.9. The number of rotatable bonds is 3. The van der Waals surface area contributed by atoms with Gasteiger partial charge in [-0.3, -0.25) is 0 Å². The molecule has 1 N–H and O–H groups in total. The van der Waals surface area contributed by atoms with Gasteiger partial charge in [-0.05, 0) is 62.4 Å². The van der Waals surface area contributed by atoms with Gasteiger partial charge in [0.1, 0.15) is 5.75 Å². The lowest BCUT2D eigenvalue weighted by molar-refractivity contribution is 0.413. The molecule has 2 aromatic rings. The highest BCUT2D eigenvalue weighted by Crippen LogP contribution is 2.33. The molecule has 0 fully saturated rings. The standard InChI is InChI=1S/C17H21N3O/c1-11-9-12(2)19-17(18-11)20-16-6-4-5-13-10-14(21-3)7-8-15(13)16/h7-10,16H,4-6H2,1-3H3,(H,18,19,20). The van der Waals surface area contributed by atoms with Crippen LogP contribution in [0.3, 0.4) is 0 Å². The van der Waals surface area contributed by atoms with Crippen LogP contribution in [-0.4, -0.2) is 17.1 Å². The molecule has 1 aromatic heterocycles. The van der Waals surface area contributed by atoms with Crippen molar-refractivity contribution in [1.29, 1.82) is 0 Å². The third-order valence-corrected chi connectivity index (χ3v) is 3.95. The average Bonchev–Trinajstić information content (AvgIpc) is 2.46. The molecule has 1 aliphatic carbocycles. The first-order valence-electron chi connectivity index (χ1n) is 7.41. The van der Waals surface area contributed by atoms with Crippen molar-refractivity contribution in [3.05, 3.63) is 46.8 Å². The zero-order valence-corrected chi connectivity index (χ0v) is 12.8. The molecule has 1 heterocycles. The average molecular weight is 283 g/mol. The lowest BCUT2D eigenvalue weighted by Gasteiger charge is -2.27. The Balaban J connectivity index is 1.88. The number of aromatic nitrogens is 2. The molecule has 0 spiro atoms. The highest BCUT2D eigenvalue weighted by molar-refractivity contribution is 5.43. The molecular weight excluding hydrogens is 262 g/mol. The van der Waals surface area contributed by atoms with Crippen LogP contribution in [-0.2, 0) is 6.42 Å². The van der Waals surface area contributed by atoms with E-state index in [1.165, 1.54) is 17.5 Å². The van der Waals surface area contributed by atoms with E-state index in [0.29, 0.717) is 0 Å². The Kier molecular flexibility index (Phi) is 3.78. The van der Waals surface area contributed by atoms with Gasteiger partial charge in [0.25, 0.3) is 0 Å². The lowest BCUT2D eigenvalue weighted by Crippen LogP contribution is -2.19. The summed E-state index contributed by atoms with van der Waals surface area (Å²) in [4.78, 5) is 8.98. The molecule has 1 unspecified atom stereocenters. The highest BCUT2D eigenvalue weighted by atomic mass is 16.5. The summed E-state index contributed by atoms with van der Waals surface area (Å²) in [5.74, 6) is 1.65. The number of nitrogens with one attached hydrogen (secondary N) is 1. The van der Waals surface area contributed by atoms with E-state index in [1.54, 1.807) is 7.11 Å². The number of nitrogens with zero attached hydrogens (tertiary/aromatic N) is 2. The fourth-order valence-electron chi connectivity index (χ4n) is 3.01. The zero-order chi connectivity index (χ0) is 14.8. The predicted molar refractivity (Wildman–Crippen MR) is 83.8 cm³/mol. The summed E-state index contributed by atoms with van der Waals surface area (Å²) in [7, 11) is 1.71. The highest BCUT2D eigenvalue weighted by Gasteiger charge is 2.21. The summed E-state index contributed by atoms with van der Waals surface area (Å²) in [5, 5.41) is 3.49. The van der Waals surface area contributed by atoms with Crippen molar-refractivity contribution in [2.75, 3.05) is 12.4 Å². The Bertz CT molecular complexity index is 634. The number of hydrogen-bond acceptors (Lipinski definition) is 4. The summed E-state index contributed by atoms with van der Waals surface area (Å²) in [6.07, 6.45) is 3.39. The van der Waals surface area contributed by atoms with E-state index in [4.69, 9.17) is 4.74 Å². The van der Waals surface area contributed by atoms with Crippen LogP contribution in [0.25, 0.3) is 0 Å². The van der Waals surface area contributed by atoms with E-state index >= 15 is 0 Å². The van der Waals surface area contributed by atoms with Gasteiger partial charge in [-0.25, -0.2) is 9.97 Å². The summed E-state index contributed by atoms with van der Waals surface area (Å²) in [6, 6.07) is 8.60. The van der Waals surface area contributed by atoms with Crippen molar-refractivity contribution in [1.82, 2.24) is 9.97 Å². The van der Waals surface area contributed by atoms with E-state index in [0.717, 1.165) is 35.9 Å². The molecule has 1 atom stereocenters. The smallest absolute Gasteiger partial charge is 0.223 e. The van der Waals surface area contributed by atoms with E-state index in [9.17, 15) is 0 Å². The van der Waals surface area contributed by atoms with Crippen LogP contribution in [0.1, 0.15) is 41.4 Å². The Labute approximate surface area is 125 Å². The molecule has 0 saturated heterocycles. The molecule has 21 heavy (non-hydrogen) atoms. The van der Waals surface area contributed by atoms with Crippen LogP contribution in [0, 0.1) is 13.8 Å². The Hall–Kier alpha value is -2.10. The van der Waals surface area contributed by atoms with Gasteiger partial charge in [0.2, 0.25) is 5.95 Å².